The quantitative estimate of drug-likeness (QED) is 0.373. The molecule has 0 amide bonds. The molecule has 0 spiro atoms. The highest BCUT2D eigenvalue weighted by molar-refractivity contribution is 5.67. The lowest BCUT2D eigenvalue weighted by atomic mass is 9.83. The van der Waals surface area contributed by atoms with Crippen LogP contribution in [-0.4, -0.2) is 11.7 Å². The van der Waals surface area contributed by atoms with Crippen LogP contribution in [-0.2, 0) is 13.0 Å². The average molecular weight is 467 g/mol. The molecule has 1 unspecified atom stereocenters. The van der Waals surface area contributed by atoms with E-state index in [4.69, 9.17) is 9.84 Å². The summed E-state index contributed by atoms with van der Waals surface area (Å²) in [7, 11) is 0. The maximum absolute atomic E-state index is 14.8. The van der Waals surface area contributed by atoms with Crippen LogP contribution in [0.1, 0.15) is 49.3 Å². The Kier molecular flexibility index (Phi) is 7.73. The van der Waals surface area contributed by atoms with Crippen LogP contribution in [0.5, 0.6) is 5.75 Å². The summed E-state index contributed by atoms with van der Waals surface area (Å²) in [5.41, 5.74) is 3.49. The van der Waals surface area contributed by atoms with Crippen LogP contribution in [0.15, 0.2) is 60.7 Å². The molecule has 0 bridgehead atoms. The minimum absolute atomic E-state index is 0.0942. The molecule has 0 fully saturated rings. The zero-order chi connectivity index (χ0) is 24.1. The molecule has 0 aromatic heterocycles. The Morgan fingerprint density at radius 3 is 2.35 bits per heavy atom. The van der Waals surface area contributed by atoms with Crippen LogP contribution >= 0.6 is 0 Å². The van der Waals surface area contributed by atoms with Crippen molar-refractivity contribution in [3.8, 4) is 16.9 Å². The van der Waals surface area contributed by atoms with Crippen molar-refractivity contribution in [2.45, 2.75) is 45.6 Å². The van der Waals surface area contributed by atoms with Crippen LogP contribution in [0.2, 0.25) is 0 Å². The molecule has 0 saturated heterocycles. The van der Waals surface area contributed by atoms with E-state index in [1.807, 2.05) is 6.92 Å². The van der Waals surface area contributed by atoms with E-state index in [1.54, 1.807) is 48.5 Å². The molecule has 0 aliphatic heterocycles. The maximum atomic E-state index is 14.8. The Morgan fingerprint density at radius 2 is 1.71 bits per heavy atom. The van der Waals surface area contributed by atoms with Gasteiger partial charge in [0, 0.05) is 17.2 Å². The van der Waals surface area contributed by atoms with Gasteiger partial charge in [0.05, 0.1) is 13.2 Å². The predicted octanol–water partition coefficient (Wildman–Crippen LogP) is 7.48. The second kappa shape index (κ2) is 10.9. The van der Waals surface area contributed by atoms with Gasteiger partial charge in [-0.1, -0.05) is 42.5 Å². The summed E-state index contributed by atoms with van der Waals surface area (Å²) in [5.74, 6) is -1.04. The number of ether oxygens (including phenoxy) is 1. The summed E-state index contributed by atoms with van der Waals surface area (Å²) in [4.78, 5) is 0. The zero-order valence-electron chi connectivity index (χ0n) is 19.3. The fourth-order valence-electron chi connectivity index (χ4n) is 4.56. The number of aliphatic hydroxyl groups excluding tert-OH is 1. The first-order valence-corrected chi connectivity index (χ1v) is 11.8. The number of hydrogen-bond acceptors (Lipinski definition) is 2. The van der Waals surface area contributed by atoms with Gasteiger partial charge in [-0.05, 0) is 79.3 Å². The summed E-state index contributed by atoms with van der Waals surface area (Å²) in [6.07, 6.45) is 5.71. The molecule has 2 nitrogen and oxygen atoms in total. The summed E-state index contributed by atoms with van der Waals surface area (Å²) in [5, 5.41) is 9.15. The summed E-state index contributed by atoms with van der Waals surface area (Å²) >= 11 is 0. The Balaban J connectivity index is 1.39. The highest BCUT2D eigenvalue weighted by Crippen LogP contribution is 2.35. The van der Waals surface area contributed by atoms with Gasteiger partial charge in [0.2, 0.25) is 0 Å². The van der Waals surface area contributed by atoms with Gasteiger partial charge >= 0.3 is 0 Å². The summed E-state index contributed by atoms with van der Waals surface area (Å²) in [6, 6.07) is 15.0. The molecular weight excluding hydrogens is 437 g/mol. The van der Waals surface area contributed by atoms with Crippen molar-refractivity contribution >= 4 is 5.57 Å². The number of hydrogen-bond donors (Lipinski definition) is 1. The molecule has 34 heavy (non-hydrogen) atoms. The SMILES string of the molecule is CCOc1ccc(C2=CCC(CCc3ccc(-c4ccc(CO)cc4)c(F)c3F)CC2)c(F)c1. The first-order chi connectivity index (χ1) is 16.5. The standard InChI is InChI=1S/C29H29F3O2/c1-2-34-24-14-16-25(27(30)17-24)21-8-3-19(4-9-21)5-12-23-13-15-26(29(32)28(23)31)22-10-6-20(18-33)7-11-22/h6-8,10-11,13-17,19,33H,2-5,9,12,18H2,1H3. The third kappa shape index (κ3) is 5.36. The van der Waals surface area contributed by atoms with Gasteiger partial charge in [-0.3, -0.25) is 0 Å². The smallest absolute Gasteiger partial charge is 0.166 e. The number of allylic oxidation sites excluding steroid dienone is 2. The van der Waals surface area contributed by atoms with Crippen LogP contribution in [0.25, 0.3) is 16.7 Å². The minimum atomic E-state index is -0.842. The van der Waals surface area contributed by atoms with Gasteiger partial charge in [0.25, 0.3) is 0 Å². The van der Waals surface area contributed by atoms with E-state index in [9.17, 15) is 13.2 Å². The van der Waals surface area contributed by atoms with Crippen molar-refractivity contribution in [3.63, 3.8) is 0 Å². The molecule has 4 rings (SSSR count). The van der Waals surface area contributed by atoms with E-state index >= 15 is 0 Å². The molecule has 1 atom stereocenters. The topological polar surface area (TPSA) is 29.5 Å². The lowest BCUT2D eigenvalue weighted by molar-refractivity contribution is 0.282. The molecule has 0 heterocycles. The Hall–Kier alpha value is -3.05. The van der Waals surface area contributed by atoms with Gasteiger partial charge < -0.3 is 9.84 Å². The van der Waals surface area contributed by atoms with Crippen LogP contribution in [0.3, 0.4) is 0 Å². The molecule has 0 saturated carbocycles. The molecule has 0 radical (unpaired) electrons. The first kappa shape index (κ1) is 24.1. The van der Waals surface area contributed by atoms with Gasteiger partial charge in [-0.2, -0.15) is 0 Å². The molecule has 3 aromatic carbocycles. The highest BCUT2D eigenvalue weighted by Gasteiger charge is 2.20. The monoisotopic (exact) mass is 466 g/mol. The van der Waals surface area contributed by atoms with E-state index in [2.05, 4.69) is 6.08 Å². The minimum Gasteiger partial charge on any atom is -0.494 e. The fraction of sp³-hybridized carbons (Fsp3) is 0.310. The van der Waals surface area contributed by atoms with E-state index < -0.39 is 11.6 Å². The third-order valence-corrected chi connectivity index (χ3v) is 6.55. The van der Waals surface area contributed by atoms with E-state index in [1.165, 1.54) is 6.07 Å². The lowest BCUT2D eigenvalue weighted by Gasteiger charge is -2.23. The van der Waals surface area contributed by atoms with Gasteiger partial charge in [-0.25, -0.2) is 13.2 Å². The first-order valence-electron chi connectivity index (χ1n) is 11.8. The number of rotatable bonds is 8. The number of aliphatic hydroxyl groups is 1. The molecule has 1 aliphatic rings. The molecular formula is C29H29F3O2. The molecule has 1 aliphatic carbocycles. The largest absolute Gasteiger partial charge is 0.494 e. The van der Waals surface area contributed by atoms with Crippen molar-refractivity contribution in [1.82, 2.24) is 0 Å². The fourth-order valence-corrected chi connectivity index (χ4v) is 4.56. The van der Waals surface area contributed by atoms with Crippen molar-refractivity contribution in [3.05, 3.63) is 94.8 Å². The summed E-state index contributed by atoms with van der Waals surface area (Å²) < 4.78 is 49.4. The van der Waals surface area contributed by atoms with Crippen molar-refractivity contribution in [1.29, 1.82) is 0 Å². The number of benzene rings is 3. The van der Waals surface area contributed by atoms with E-state index in [0.717, 1.165) is 36.8 Å². The lowest BCUT2D eigenvalue weighted by Crippen LogP contribution is -2.08. The number of halogens is 3. The van der Waals surface area contributed by atoms with Gasteiger partial charge in [0.1, 0.15) is 11.6 Å². The van der Waals surface area contributed by atoms with Crippen molar-refractivity contribution < 1.29 is 23.0 Å². The van der Waals surface area contributed by atoms with Crippen molar-refractivity contribution in [2.75, 3.05) is 6.61 Å². The molecule has 5 heteroatoms. The molecule has 3 aromatic rings. The van der Waals surface area contributed by atoms with Crippen LogP contribution in [0.4, 0.5) is 13.2 Å². The Bertz CT molecular complexity index is 1170. The maximum Gasteiger partial charge on any atom is 0.166 e. The van der Waals surface area contributed by atoms with Crippen molar-refractivity contribution in [2.24, 2.45) is 5.92 Å². The normalized spacial score (nSPS) is 15.8. The van der Waals surface area contributed by atoms with Gasteiger partial charge in [-0.15, -0.1) is 0 Å². The van der Waals surface area contributed by atoms with Crippen LogP contribution < -0.4 is 4.74 Å². The van der Waals surface area contributed by atoms with E-state index in [0.29, 0.717) is 41.4 Å². The summed E-state index contributed by atoms with van der Waals surface area (Å²) in [6.45, 7) is 2.26. The highest BCUT2D eigenvalue weighted by atomic mass is 19.2. The predicted molar refractivity (Wildman–Crippen MR) is 129 cm³/mol. The van der Waals surface area contributed by atoms with E-state index in [-0.39, 0.29) is 18.0 Å². The van der Waals surface area contributed by atoms with Gasteiger partial charge in [0.15, 0.2) is 11.6 Å². The molecule has 178 valence electrons. The molecule has 1 N–H and O–H groups in total. The average Bonchev–Trinajstić information content (AvgIpc) is 2.86. The number of aryl methyl sites for hydroxylation is 1. The Labute approximate surface area is 198 Å². The second-order valence-corrected chi connectivity index (χ2v) is 8.74. The Morgan fingerprint density at radius 1 is 0.941 bits per heavy atom. The zero-order valence-corrected chi connectivity index (χ0v) is 19.3. The third-order valence-electron chi connectivity index (χ3n) is 6.55. The van der Waals surface area contributed by atoms with Crippen LogP contribution in [0, 0.1) is 23.4 Å². The second-order valence-electron chi connectivity index (χ2n) is 8.74.